The predicted octanol–water partition coefficient (Wildman–Crippen LogP) is 5.08. The van der Waals surface area contributed by atoms with Crippen LogP contribution in [0.2, 0.25) is 5.02 Å². The van der Waals surface area contributed by atoms with Crippen molar-refractivity contribution in [3.8, 4) is 22.9 Å². The number of aromatic nitrogens is 3. The van der Waals surface area contributed by atoms with Gasteiger partial charge >= 0.3 is 5.97 Å². The molecule has 4 rings (SSSR count). The highest BCUT2D eigenvalue weighted by Gasteiger charge is 2.13. The minimum atomic E-state index is -1.00. The van der Waals surface area contributed by atoms with Gasteiger partial charge in [0.05, 0.1) is 21.6 Å². The molecule has 2 N–H and O–H groups in total. The van der Waals surface area contributed by atoms with Gasteiger partial charge in [0, 0.05) is 23.5 Å². The monoisotopic (exact) mass is 379 g/mol. The Kier molecular flexibility index (Phi) is 4.25. The van der Waals surface area contributed by atoms with Crippen molar-refractivity contribution in [2.75, 3.05) is 0 Å². The van der Waals surface area contributed by atoms with Gasteiger partial charge in [-0.25, -0.2) is 4.79 Å². The summed E-state index contributed by atoms with van der Waals surface area (Å²) in [5.74, 6) is -0.619. The number of halogens is 1. The van der Waals surface area contributed by atoms with Crippen LogP contribution >= 0.6 is 11.6 Å². The second-order valence-electron chi connectivity index (χ2n) is 6.02. The molecule has 7 heteroatoms. The van der Waals surface area contributed by atoms with Gasteiger partial charge in [-0.1, -0.05) is 23.7 Å². The van der Waals surface area contributed by atoms with Crippen molar-refractivity contribution in [1.82, 2.24) is 15.0 Å². The molecule has 27 heavy (non-hydrogen) atoms. The Balaban J connectivity index is 1.70. The second-order valence-corrected chi connectivity index (χ2v) is 6.42. The van der Waals surface area contributed by atoms with Crippen molar-refractivity contribution in [2.45, 2.75) is 6.92 Å². The summed E-state index contributed by atoms with van der Waals surface area (Å²) < 4.78 is 5.71. The molecule has 0 saturated carbocycles. The Hall–Kier alpha value is -3.38. The maximum atomic E-state index is 11.3. The van der Waals surface area contributed by atoms with Crippen LogP contribution in [0, 0.1) is 6.92 Å². The first kappa shape index (κ1) is 17.1. The number of aryl methyl sites for hydroxylation is 1. The summed E-state index contributed by atoms with van der Waals surface area (Å²) in [6, 6.07) is 12.5. The third-order valence-corrected chi connectivity index (χ3v) is 4.49. The maximum Gasteiger partial charge on any atom is 0.336 e. The molecule has 0 aliphatic rings. The first-order valence-electron chi connectivity index (χ1n) is 8.13. The molecule has 2 aromatic carbocycles. The Labute approximate surface area is 159 Å². The molecule has 0 unspecified atom stereocenters. The highest BCUT2D eigenvalue weighted by atomic mass is 35.5. The number of hydrogen-bond acceptors (Lipinski definition) is 4. The quantitative estimate of drug-likeness (QED) is 0.516. The molecular weight excluding hydrogens is 366 g/mol. The van der Waals surface area contributed by atoms with Crippen LogP contribution in [-0.4, -0.2) is 26.0 Å². The van der Waals surface area contributed by atoms with Gasteiger partial charge in [-0.3, -0.25) is 4.98 Å². The molecule has 0 atom stereocenters. The van der Waals surface area contributed by atoms with E-state index in [1.807, 2.05) is 18.2 Å². The molecule has 0 radical (unpaired) electrons. The van der Waals surface area contributed by atoms with Crippen molar-refractivity contribution >= 4 is 28.6 Å². The Morgan fingerprint density at radius 1 is 1.22 bits per heavy atom. The van der Waals surface area contributed by atoms with Gasteiger partial charge in [-0.05, 0) is 42.8 Å². The van der Waals surface area contributed by atoms with Crippen molar-refractivity contribution in [3.05, 3.63) is 71.0 Å². The van der Waals surface area contributed by atoms with Gasteiger partial charge in [0.2, 0.25) is 0 Å². The number of nitrogens with zero attached hydrogens (tertiary/aromatic N) is 2. The van der Waals surface area contributed by atoms with Gasteiger partial charge in [0.25, 0.3) is 6.01 Å². The predicted molar refractivity (Wildman–Crippen MR) is 103 cm³/mol. The van der Waals surface area contributed by atoms with E-state index < -0.39 is 5.97 Å². The largest absolute Gasteiger partial charge is 0.478 e. The average Bonchev–Trinajstić information content (AvgIpc) is 3.04. The number of ether oxygens (including phenoxy) is 1. The van der Waals surface area contributed by atoms with Crippen molar-refractivity contribution in [1.29, 1.82) is 0 Å². The lowest BCUT2D eigenvalue weighted by Crippen LogP contribution is -2.00. The minimum Gasteiger partial charge on any atom is -0.478 e. The molecule has 0 aliphatic heterocycles. The molecule has 0 spiro atoms. The first-order chi connectivity index (χ1) is 13.0. The van der Waals surface area contributed by atoms with Crippen molar-refractivity contribution < 1.29 is 14.6 Å². The lowest BCUT2D eigenvalue weighted by molar-refractivity contribution is 0.0695. The van der Waals surface area contributed by atoms with E-state index in [1.165, 1.54) is 6.07 Å². The van der Waals surface area contributed by atoms with Gasteiger partial charge in [0.15, 0.2) is 0 Å². The van der Waals surface area contributed by atoms with Crippen molar-refractivity contribution in [3.63, 3.8) is 0 Å². The van der Waals surface area contributed by atoms with E-state index in [0.717, 1.165) is 11.1 Å². The van der Waals surface area contributed by atoms with Gasteiger partial charge in [-0.15, -0.1) is 0 Å². The standard InChI is InChI=1S/C20H14ClN3O3/c1-11-4-5-13(7-14(11)19(25)26)27-20-23-17-8-15(12-3-2-6-22-10-12)16(21)9-18(17)24-20/h2-10H,1H3,(H,23,24)(H,25,26). The maximum absolute atomic E-state index is 11.3. The van der Waals surface area contributed by atoms with E-state index in [9.17, 15) is 9.90 Å². The van der Waals surface area contributed by atoms with Crippen LogP contribution in [0.5, 0.6) is 11.8 Å². The third-order valence-electron chi connectivity index (χ3n) is 4.18. The molecule has 2 aromatic heterocycles. The lowest BCUT2D eigenvalue weighted by Gasteiger charge is -2.05. The van der Waals surface area contributed by atoms with E-state index in [-0.39, 0.29) is 11.6 Å². The Morgan fingerprint density at radius 2 is 2.07 bits per heavy atom. The highest BCUT2D eigenvalue weighted by Crippen LogP contribution is 2.32. The van der Waals surface area contributed by atoms with Gasteiger partial charge < -0.3 is 14.8 Å². The number of hydrogen-bond donors (Lipinski definition) is 2. The highest BCUT2D eigenvalue weighted by molar-refractivity contribution is 6.34. The summed E-state index contributed by atoms with van der Waals surface area (Å²) in [6.45, 7) is 1.73. The van der Waals surface area contributed by atoms with Crippen LogP contribution in [-0.2, 0) is 0 Å². The molecule has 0 amide bonds. The topological polar surface area (TPSA) is 88.1 Å². The number of H-pyrrole nitrogens is 1. The number of fused-ring (bicyclic) bond motifs is 1. The number of benzene rings is 2. The van der Waals surface area contributed by atoms with Crippen molar-refractivity contribution in [2.24, 2.45) is 0 Å². The van der Waals surface area contributed by atoms with Crippen LogP contribution in [0.15, 0.2) is 54.9 Å². The fourth-order valence-electron chi connectivity index (χ4n) is 2.81. The molecule has 6 nitrogen and oxygen atoms in total. The number of rotatable bonds is 4. The summed E-state index contributed by atoms with van der Waals surface area (Å²) in [5, 5.41) is 9.81. The Bertz CT molecular complexity index is 1160. The summed E-state index contributed by atoms with van der Waals surface area (Å²) in [5.41, 5.74) is 3.95. The van der Waals surface area contributed by atoms with E-state index in [4.69, 9.17) is 16.3 Å². The molecule has 4 aromatic rings. The van der Waals surface area contributed by atoms with E-state index in [0.29, 0.717) is 27.4 Å². The van der Waals surface area contributed by atoms with Crippen LogP contribution in [0.3, 0.4) is 0 Å². The van der Waals surface area contributed by atoms with E-state index in [2.05, 4.69) is 15.0 Å². The van der Waals surface area contributed by atoms with Crippen LogP contribution in [0.4, 0.5) is 0 Å². The molecule has 0 saturated heterocycles. The number of aromatic amines is 1. The molecular formula is C20H14ClN3O3. The summed E-state index contributed by atoms with van der Waals surface area (Å²) in [7, 11) is 0. The minimum absolute atomic E-state index is 0.186. The van der Waals surface area contributed by atoms with Crippen LogP contribution in [0.25, 0.3) is 22.2 Å². The zero-order chi connectivity index (χ0) is 19.0. The fourth-order valence-corrected chi connectivity index (χ4v) is 3.08. The number of aromatic carboxylic acids is 1. The second kappa shape index (κ2) is 6.74. The number of nitrogens with one attached hydrogen (secondary N) is 1. The SMILES string of the molecule is Cc1ccc(Oc2nc3cc(-c4cccnc4)c(Cl)cc3[nH]2)cc1C(=O)O. The van der Waals surface area contributed by atoms with E-state index >= 15 is 0 Å². The number of pyridine rings is 1. The number of carboxylic acid groups (broad SMARTS) is 1. The summed E-state index contributed by atoms with van der Waals surface area (Å²) in [6.07, 6.45) is 3.43. The fraction of sp³-hybridized carbons (Fsp3) is 0.0500. The van der Waals surface area contributed by atoms with Gasteiger partial charge in [-0.2, -0.15) is 4.98 Å². The van der Waals surface area contributed by atoms with Gasteiger partial charge in [0.1, 0.15) is 5.75 Å². The lowest BCUT2D eigenvalue weighted by atomic mass is 10.1. The molecule has 0 fully saturated rings. The Morgan fingerprint density at radius 3 is 2.81 bits per heavy atom. The molecule has 0 aliphatic carbocycles. The van der Waals surface area contributed by atoms with Crippen LogP contribution < -0.4 is 4.74 Å². The number of carboxylic acids is 1. The summed E-state index contributed by atoms with van der Waals surface area (Å²) >= 11 is 6.40. The molecule has 0 bridgehead atoms. The first-order valence-corrected chi connectivity index (χ1v) is 8.50. The van der Waals surface area contributed by atoms with Crippen LogP contribution in [0.1, 0.15) is 15.9 Å². The number of carbonyl (C=O) groups is 1. The zero-order valence-electron chi connectivity index (χ0n) is 14.2. The van der Waals surface area contributed by atoms with E-state index in [1.54, 1.807) is 37.5 Å². The zero-order valence-corrected chi connectivity index (χ0v) is 15.0. The normalized spacial score (nSPS) is 10.9. The average molecular weight is 380 g/mol. The molecule has 2 heterocycles. The third kappa shape index (κ3) is 3.35. The number of imidazole rings is 1. The smallest absolute Gasteiger partial charge is 0.336 e. The molecule has 134 valence electrons. The summed E-state index contributed by atoms with van der Waals surface area (Å²) in [4.78, 5) is 22.9.